The third-order valence-corrected chi connectivity index (χ3v) is 8.01. The minimum Gasteiger partial charge on any atom is -0.351 e. The zero-order chi connectivity index (χ0) is 31.8. The van der Waals surface area contributed by atoms with E-state index in [1.54, 1.807) is 0 Å². The summed E-state index contributed by atoms with van der Waals surface area (Å²) in [6, 6.07) is 7.71. The van der Waals surface area contributed by atoms with Crippen LogP contribution in [0.25, 0.3) is 0 Å². The molecule has 2 fully saturated rings. The third kappa shape index (κ3) is 6.64. The lowest BCUT2D eigenvalue weighted by molar-refractivity contribution is -0.133. The summed E-state index contributed by atoms with van der Waals surface area (Å²) < 4.78 is 56.3. The van der Waals surface area contributed by atoms with Crippen LogP contribution in [-0.2, 0) is 14.4 Å². The minimum absolute atomic E-state index is 0.0143. The Balaban J connectivity index is 1.57. The topological polar surface area (TPSA) is 106 Å². The van der Waals surface area contributed by atoms with Crippen molar-refractivity contribution in [3.8, 4) is 6.07 Å². The van der Waals surface area contributed by atoms with Crippen molar-refractivity contribution in [2.75, 3.05) is 9.80 Å². The number of halogens is 6. The maximum atomic E-state index is 14.5. The number of rotatable bonds is 8. The summed E-state index contributed by atoms with van der Waals surface area (Å²) >= 11 is 12.5. The van der Waals surface area contributed by atoms with Crippen LogP contribution in [-0.4, -0.2) is 40.7 Å². The number of benzene rings is 2. The molecule has 1 N–H and O–H groups in total. The SMILES string of the molecule is N#Cc1ccnc(N2C(=O)CC[C@H]2CC(=O)N(c2cc(F)cc(F)c2)[C@H](C(=O)NC2CC(F)(F)C2)c2ccc(Cl)cc2Cl)c1. The fraction of sp³-hybridized carbons (Fsp3) is 0.300. The van der Waals surface area contributed by atoms with Gasteiger partial charge in [-0.3, -0.25) is 24.2 Å². The minimum atomic E-state index is -2.97. The van der Waals surface area contributed by atoms with Gasteiger partial charge in [0.1, 0.15) is 23.5 Å². The van der Waals surface area contributed by atoms with Gasteiger partial charge in [0.05, 0.1) is 17.3 Å². The molecule has 1 saturated carbocycles. The van der Waals surface area contributed by atoms with E-state index in [0.717, 1.165) is 17.0 Å². The number of hydrogen-bond acceptors (Lipinski definition) is 5. The van der Waals surface area contributed by atoms with Gasteiger partial charge in [-0.2, -0.15) is 5.26 Å². The zero-order valence-electron chi connectivity index (χ0n) is 22.7. The van der Waals surface area contributed by atoms with Gasteiger partial charge in [-0.15, -0.1) is 0 Å². The average Bonchev–Trinajstić information content (AvgIpc) is 3.29. The highest BCUT2D eigenvalue weighted by atomic mass is 35.5. The Morgan fingerprint density at radius 2 is 1.82 bits per heavy atom. The summed E-state index contributed by atoms with van der Waals surface area (Å²) in [6.45, 7) is 0. The number of nitriles is 1. The fourth-order valence-electron chi connectivity index (χ4n) is 5.45. The highest BCUT2D eigenvalue weighted by Gasteiger charge is 2.47. The van der Waals surface area contributed by atoms with Gasteiger partial charge in [0.25, 0.3) is 5.92 Å². The number of amides is 3. The second-order valence-corrected chi connectivity index (χ2v) is 11.4. The monoisotopic (exact) mass is 647 g/mol. The first-order chi connectivity index (χ1) is 20.8. The third-order valence-electron chi connectivity index (χ3n) is 7.45. The number of carbonyl (C=O) groups is 3. The number of anilines is 2. The number of alkyl halides is 2. The fourth-order valence-corrected chi connectivity index (χ4v) is 5.96. The Morgan fingerprint density at radius 1 is 1.11 bits per heavy atom. The Morgan fingerprint density at radius 3 is 2.45 bits per heavy atom. The Kier molecular flexibility index (Phi) is 8.81. The quantitative estimate of drug-likeness (QED) is 0.297. The van der Waals surface area contributed by atoms with Gasteiger partial charge < -0.3 is 5.32 Å². The van der Waals surface area contributed by atoms with Crippen molar-refractivity contribution in [3.63, 3.8) is 0 Å². The Bertz CT molecular complexity index is 1660. The lowest BCUT2D eigenvalue weighted by Crippen LogP contribution is -2.54. The van der Waals surface area contributed by atoms with Gasteiger partial charge in [-0.25, -0.2) is 22.5 Å². The molecule has 5 rings (SSSR count). The summed E-state index contributed by atoms with van der Waals surface area (Å²) in [7, 11) is 0. The van der Waals surface area contributed by atoms with E-state index in [4.69, 9.17) is 23.2 Å². The van der Waals surface area contributed by atoms with Crippen LogP contribution in [0.2, 0.25) is 10.0 Å². The van der Waals surface area contributed by atoms with Crippen molar-refractivity contribution in [2.24, 2.45) is 0 Å². The predicted octanol–water partition coefficient (Wildman–Crippen LogP) is 6.11. The van der Waals surface area contributed by atoms with Crippen LogP contribution >= 0.6 is 23.2 Å². The lowest BCUT2D eigenvalue weighted by atomic mass is 9.87. The number of nitrogens with one attached hydrogen (secondary N) is 1. The molecule has 1 aliphatic carbocycles. The summed E-state index contributed by atoms with van der Waals surface area (Å²) in [6.07, 6.45) is -0.101. The van der Waals surface area contributed by atoms with Gasteiger partial charge in [-0.1, -0.05) is 29.3 Å². The van der Waals surface area contributed by atoms with Gasteiger partial charge in [0, 0.05) is 65.6 Å². The standard InChI is InChI=1S/C30H23Cl2F4N5O3/c31-17-1-3-23(24(32)8-17)28(29(44)39-20-13-30(35,36)14-20)41(22-10-18(33)9-19(34)11-22)27(43)12-21-2-4-26(42)40(21)25-7-16(15-37)5-6-38-25/h1,3,5-11,20-21,28H,2,4,12-14H2,(H,39,44)/t21-,28-/m0/s1. The molecule has 0 spiro atoms. The molecule has 2 heterocycles. The van der Waals surface area contributed by atoms with Crippen LogP contribution in [0.5, 0.6) is 0 Å². The molecular formula is C30H23Cl2F4N5O3. The van der Waals surface area contributed by atoms with E-state index in [0.29, 0.717) is 6.07 Å². The first-order valence-corrected chi connectivity index (χ1v) is 14.2. The first kappa shape index (κ1) is 31.2. The normalized spacial score (nSPS) is 18.3. The van der Waals surface area contributed by atoms with Crippen LogP contribution in [0.15, 0.2) is 54.7 Å². The molecule has 228 valence electrons. The van der Waals surface area contributed by atoms with E-state index in [1.165, 1.54) is 41.4 Å². The largest absolute Gasteiger partial charge is 0.351 e. The molecule has 3 aromatic rings. The summed E-state index contributed by atoms with van der Waals surface area (Å²) in [5.74, 6) is -7.05. The highest BCUT2D eigenvalue weighted by Crippen LogP contribution is 2.40. The number of pyridine rings is 1. The van der Waals surface area contributed by atoms with Crippen LogP contribution in [0, 0.1) is 23.0 Å². The molecule has 1 aliphatic heterocycles. The number of carbonyl (C=O) groups excluding carboxylic acids is 3. The second kappa shape index (κ2) is 12.4. The molecule has 44 heavy (non-hydrogen) atoms. The van der Waals surface area contributed by atoms with E-state index in [9.17, 15) is 37.2 Å². The van der Waals surface area contributed by atoms with Crippen LogP contribution in [0.3, 0.4) is 0 Å². The van der Waals surface area contributed by atoms with Gasteiger partial charge in [-0.05, 0) is 42.8 Å². The molecule has 2 atom stereocenters. The van der Waals surface area contributed by atoms with Crippen molar-refractivity contribution in [1.82, 2.24) is 10.3 Å². The number of nitrogens with zero attached hydrogens (tertiary/aromatic N) is 4. The van der Waals surface area contributed by atoms with Crippen LogP contribution < -0.4 is 15.1 Å². The summed E-state index contributed by atoms with van der Waals surface area (Å²) in [5, 5.41) is 11.9. The van der Waals surface area contributed by atoms with Crippen molar-refractivity contribution >= 4 is 52.4 Å². The maximum Gasteiger partial charge on any atom is 0.252 e. The van der Waals surface area contributed by atoms with Gasteiger partial charge in [0.2, 0.25) is 17.7 Å². The number of aromatic nitrogens is 1. The molecule has 0 radical (unpaired) electrons. The van der Waals surface area contributed by atoms with E-state index >= 15 is 0 Å². The van der Waals surface area contributed by atoms with Gasteiger partial charge in [0.15, 0.2) is 0 Å². The molecule has 14 heteroatoms. The smallest absolute Gasteiger partial charge is 0.252 e. The van der Waals surface area contributed by atoms with Crippen molar-refractivity contribution in [3.05, 3.63) is 87.5 Å². The molecule has 3 amide bonds. The van der Waals surface area contributed by atoms with Crippen molar-refractivity contribution in [2.45, 2.75) is 56.2 Å². The van der Waals surface area contributed by atoms with E-state index in [1.807, 2.05) is 6.07 Å². The molecule has 1 aromatic heterocycles. The summed E-state index contributed by atoms with van der Waals surface area (Å²) in [4.78, 5) is 47.1. The van der Waals surface area contributed by atoms with Crippen LogP contribution in [0.4, 0.5) is 29.1 Å². The molecule has 1 saturated heterocycles. The molecule has 0 bridgehead atoms. The zero-order valence-corrected chi connectivity index (χ0v) is 24.3. The second-order valence-electron chi connectivity index (χ2n) is 10.6. The molecule has 2 aliphatic rings. The lowest BCUT2D eigenvalue weighted by Gasteiger charge is -2.38. The highest BCUT2D eigenvalue weighted by molar-refractivity contribution is 6.35. The molecular weight excluding hydrogens is 625 g/mol. The molecule has 0 unspecified atom stereocenters. The molecule has 8 nitrogen and oxygen atoms in total. The van der Waals surface area contributed by atoms with Crippen LogP contribution in [0.1, 0.15) is 49.3 Å². The van der Waals surface area contributed by atoms with Gasteiger partial charge >= 0.3 is 0 Å². The van der Waals surface area contributed by atoms with Crippen molar-refractivity contribution < 1.29 is 31.9 Å². The Hall–Kier alpha value is -4.21. The maximum absolute atomic E-state index is 14.5. The predicted molar refractivity (Wildman–Crippen MR) is 153 cm³/mol. The number of hydrogen-bond donors (Lipinski definition) is 1. The van der Waals surface area contributed by atoms with E-state index in [-0.39, 0.29) is 51.4 Å². The van der Waals surface area contributed by atoms with E-state index in [2.05, 4.69) is 10.3 Å². The first-order valence-electron chi connectivity index (χ1n) is 13.4. The summed E-state index contributed by atoms with van der Waals surface area (Å²) in [5.41, 5.74) is -0.106. The average molecular weight is 648 g/mol. The van der Waals surface area contributed by atoms with Crippen molar-refractivity contribution in [1.29, 1.82) is 5.26 Å². The van der Waals surface area contributed by atoms with E-state index < -0.39 is 66.8 Å². The molecule has 2 aromatic carbocycles. The Labute approximate surface area is 259 Å².